The van der Waals surface area contributed by atoms with Crippen LogP contribution in [0.15, 0.2) is 12.1 Å². The molecule has 0 unspecified atom stereocenters. The van der Waals surface area contributed by atoms with Gasteiger partial charge in [-0.05, 0) is 12.1 Å². The lowest BCUT2D eigenvalue weighted by atomic mass is 10.3. The van der Waals surface area contributed by atoms with Gasteiger partial charge in [0.15, 0.2) is 5.15 Å². The topological polar surface area (TPSA) is 41.0 Å². The predicted molar refractivity (Wildman–Crippen MR) is 62.4 cm³/mol. The van der Waals surface area contributed by atoms with Gasteiger partial charge in [-0.2, -0.15) is 5.10 Å². The summed E-state index contributed by atoms with van der Waals surface area (Å²) in [6.07, 6.45) is 0. The number of hydrogen-bond acceptors (Lipinski definition) is 4. The van der Waals surface area contributed by atoms with Gasteiger partial charge < -0.3 is 5.32 Å². The molecule has 0 spiro atoms. The number of aromatic nitrogens is 2. The highest BCUT2D eigenvalue weighted by Gasteiger charge is 2.10. The maximum absolute atomic E-state index is 5.66. The molecule has 1 aliphatic rings. The van der Waals surface area contributed by atoms with E-state index in [9.17, 15) is 0 Å². The van der Waals surface area contributed by atoms with Gasteiger partial charge in [-0.25, -0.2) is 0 Å². The van der Waals surface area contributed by atoms with Crippen LogP contribution in [0.3, 0.4) is 0 Å². The van der Waals surface area contributed by atoms with Crippen LogP contribution in [0.2, 0.25) is 5.15 Å². The van der Waals surface area contributed by atoms with Gasteiger partial charge in [-0.15, -0.1) is 17.5 Å². The van der Waals surface area contributed by atoms with Gasteiger partial charge in [0.05, 0.1) is 5.69 Å². The monoisotopic (exact) mass is 248 g/mol. The fraction of sp³-hybridized carbons (Fsp3) is 0.556. The van der Waals surface area contributed by atoms with Crippen LogP contribution >= 0.6 is 24.0 Å². The Kier molecular flexibility index (Phi) is 5.25. The normalized spacial score (nSPS) is 17.1. The van der Waals surface area contributed by atoms with Gasteiger partial charge in [0.2, 0.25) is 0 Å². The molecule has 2 rings (SSSR count). The minimum atomic E-state index is 0. The summed E-state index contributed by atoms with van der Waals surface area (Å²) in [6.45, 7) is 5.13. The third-order valence-corrected chi connectivity index (χ3v) is 2.48. The third-order valence-electron chi connectivity index (χ3n) is 2.28. The van der Waals surface area contributed by atoms with E-state index in [4.69, 9.17) is 11.6 Å². The van der Waals surface area contributed by atoms with E-state index in [1.165, 1.54) is 0 Å². The molecule has 2 heterocycles. The van der Waals surface area contributed by atoms with Gasteiger partial charge in [-0.3, -0.25) is 4.90 Å². The summed E-state index contributed by atoms with van der Waals surface area (Å²) in [5.74, 6) is 0. The van der Waals surface area contributed by atoms with E-state index in [-0.39, 0.29) is 12.4 Å². The zero-order chi connectivity index (χ0) is 9.80. The first kappa shape index (κ1) is 12.6. The Hall–Kier alpha value is -0.420. The minimum absolute atomic E-state index is 0. The fourth-order valence-corrected chi connectivity index (χ4v) is 1.63. The van der Waals surface area contributed by atoms with Crippen molar-refractivity contribution in [2.24, 2.45) is 0 Å². The second-order valence-electron chi connectivity index (χ2n) is 3.37. The van der Waals surface area contributed by atoms with Crippen LogP contribution in [0.4, 0.5) is 0 Å². The summed E-state index contributed by atoms with van der Waals surface area (Å²) >= 11 is 5.66. The molecule has 6 heteroatoms. The van der Waals surface area contributed by atoms with E-state index in [0.29, 0.717) is 5.15 Å². The lowest BCUT2D eigenvalue weighted by Gasteiger charge is -2.26. The highest BCUT2D eigenvalue weighted by molar-refractivity contribution is 6.29. The maximum Gasteiger partial charge on any atom is 0.151 e. The molecule has 84 valence electrons. The van der Waals surface area contributed by atoms with E-state index in [1.807, 2.05) is 6.07 Å². The summed E-state index contributed by atoms with van der Waals surface area (Å²) in [5, 5.41) is 11.6. The first-order valence-electron chi connectivity index (χ1n) is 4.76. The average Bonchev–Trinajstić information content (AvgIpc) is 2.23. The van der Waals surface area contributed by atoms with Crippen LogP contribution in [0, 0.1) is 0 Å². The minimum Gasteiger partial charge on any atom is -0.314 e. The van der Waals surface area contributed by atoms with E-state index in [1.54, 1.807) is 6.07 Å². The smallest absolute Gasteiger partial charge is 0.151 e. The molecule has 15 heavy (non-hydrogen) atoms. The van der Waals surface area contributed by atoms with Crippen molar-refractivity contribution in [2.75, 3.05) is 26.2 Å². The molecule has 0 bridgehead atoms. The molecule has 1 aromatic heterocycles. The van der Waals surface area contributed by atoms with Crippen molar-refractivity contribution in [3.05, 3.63) is 23.0 Å². The Morgan fingerprint density at radius 1 is 1.27 bits per heavy atom. The number of halogens is 2. The molecule has 1 fully saturated rings. The highest BCUT2D eigenvalue weighted by Crippen LogP contribution is 2.05. The summed E-state index contributed by atoms with van der Waals surface area (Å²) in [5.41, 5.74) is 0.983. The lowest BCUT2D eigenvalue weighted by molar-refractivity contribution is 0.230. The van der Waals surface area contributed by atoms with Crippen molar-refractivity contribution >= 4 is 24.0 Å². The molecule has 1 aromatic rings. The van der Waals surface area contributed by atoms with Crippen LogP contribution in [-0.2, 0) is 6.54 Å². The number of rotatable bonds is 2. The lowest BCUT2D eigenvalue weighted by Crippen LogP contribution is -2.43. The standard InChI is InChI=1S/C9H13ClN4.ClH/c10-9-2-1-8(12-13-9)7-14-5-3-11-4-6-14;/h1-2,11H,3-7H2;1H. The largest absolute Gasteiger partial charge is 0.314 e. The van der Waals surface area contributed by atoms with Crippen molar-refractivity contribution in [1.82, 2.24) is 20.4 Å². The quantitative estimate of drug-likeness (QED) is 0.847. The number of nitrogens with zero attached hydrogens (tertiary/aromatic N) is 3. The molecule has 1 saturated heterocycles. The summed E-state index contributed by atoms with van der Waals surface area (Å²) < 4.78 is 0. The molecule has 0 aromatic carbocycles. The SMILES string of the molecule is Cl.Clc1ccc(CN2CCNCC2)nn1. The van der Waals surface area contributed by atoms with E-state index < -0.39 is 0 Å². The molecular weight excluding hydrogens is 235 g/mol. The number of piperazine rings is 1. The van der Waals surface area contributed by atoms with E-state index >= 15 is 0 Å². The fourth-order valence-electron chi connectivity index (χ4n) is 1.53. The second kappa shape index (κ2) is 6.23. The Balaban J connectivity index is 0.00000112. The zero-order valence-corrected chi connectivity index (χ0v) is 9.89. The summed E-state index contributed by atoms with van der Waals surface area (Å²) in [6, 6.07) is 3.71. The van der Waals surface area contributed by atoms with Gasteiger partial charge >= 0.3 is 0 Å². The van der Waals surface area contributed by atoms with Crippen molar-refractivity contribution in [3.63, 3.8) is 0 Å². The Bertz CT molecular complexity index is 285. The number of hydrogen-bond donors (Lipinski definition) is 1. The Labute approximate surface area is 100 Å². The predicted octanol–water partition coefficient (Wildman–Crippen LogP) is 0.957. The van der Waals surface area contributed by atoms with Crippen LogP contribution in [0.5, 0.6) is 0 Å². The van der Waals surface area contributed by atoms with Gasteiger partial charge in [0.25, 0.3) is 0 Å². The second-order valence-corrected chi connectivity index (χ2v) is 3.76. The van der Waals surface area contributed by atoms with E-state index in [2.05, 4.69) is 20.4 Å². The van der Waals surface area contributed by atoms with Crippen LogP contribution < -0.4 is 5.32 Å². The van der Waals surface area contributed by atoms with Crippen molar-refractivity contribution in [3.8, 4) is 0 Å². The van der Waals surface area contributed by atoms with Gasteiger partial charge in [0.1, 0.15) is 0 Å². The van der Waals surface area contributed by atoms with Crippen molar-refractivity contribution in [2.45, 2.75) is 6.54 Å². The molecule has 4 nitrogen and oxygen atoms in total. The summed E-state index contributed by atoms with van der Waals surface area (Å²) in [7, 11) is 0. The first-order valence-corrected chi connectivity index (χ1v) is 5.13. The Morgan fingerprint density at radius 3 is 2.60 bits per heavy atom. The summed E-state index contributed by atoms with van der Waals surface area (Å²) in [4.78, 5) is 2.36. The van der Waals surface area contributed by atoms with Crippen molar-refractivity contribution < 1.29 is 0 Å². The molecule has 1 N–H and O–H groups in total. The molecule has 0 aliphatic carbocycles. The van der Waals surface area contributed by atoms with E-state index in [0.717, 1.165) is 38.4 Å². The van der Waals surface area contributed by atoms with Crippen molar-refractivity contribution in [1.29, 1.82) is 0 Å². The van der Waals surface area contributed by atoms with Crippen LogP contribution in [0.25, 0.3) is 0 Å². The molecule has 0 saturated carbocycles. The molecule has 0 atom stereocenters. The molecule has 0 amide bonds. The van der Waals surface area contributed by atoms with Crippen LogP contribution in [0.1, 0.15) is 5.69 Å². The number of nitrogens with one attached hydrogen (secondary N) is 1. The molecule has 1 aliphatic heterocycles. The zero-order valence-electron chi connectivity index (χ0n) is 8.32. The maximum atomic E-state index is 5.66. The highest BCUT2D eigenvalue weighted by atomic mass is 35.5. The third kappa shape index (κ3) is 3.91. The van der Waals surface area contributed by atoms with Crippen LogP contribution in [-0.4, -0.2) is 41.3 Å². The van der Waals surface area contributed by atoms with Gasteiger partial charge in [0, 0.05) is 32.7 Å². The molecule has 0 radical (unpaired) electrons. The average molecular weight is 249 g/mol. The Morgan fingerprint density at radius 2 is 2.00 bits per heavy atom. The molecular formula is C9H14Cl2N4. The van der Waals surface area contributed by atoms with Gasteiger partial charge in [-0.1, -0.05) is 11.6 Å². The first-order chi connectivity index (χ1) is 6.84.